The van der Waals surface area contributed by atoms with Crippen molar-refractivity contribution in [1.82, 2.24) is 4.57 Å². The van der Waals surface area contributed by atoms with Gasteiger partial charge in [-0.25, -0.2) is 4.79 Å². The van der Waals surface area contributed by atoms with E-state index in [2.05, 4.69) is 0 Å². The van der Waals surface area contributed by atoms with Gasteiger partial charge in [0.2, 0.25) is 0 Å². The normalized spacial score (nSPS) is 17.9. The predicted molar refractivity (Wildman–Crippen MR) is 78.7 cm³/mol. The Morgan fingerprint density at radius 3 is 2.43 bits per heavy atom. The Kier molecular flexibility index (Phi) is 3.45. The van der Waals surface area contributed by atoms with E-state index in [1.54, 1.807) is 42.6 Å². The molecule has 3 rings (SSSR count). The number of nitrogens with zero attached hydrogens (tertiary/aromatic N) is 2. The lowest BCUT2D eigenvalue weighted by Gasteiger charge is -2.13. The van der Waals surface area contributed by atoms with E-state index in [-0.39, 0.29) is 11.7 Å². The third-order valence-corrected chi connectivity index (χ3v) is 3.40. The van der Waals surface area contributed by atoms with Gasteiger partial charge in [-0.05, 0) is 30.3 Å². The topological polar surface area (TPSA) is 77.6 Å². The molecule has 1 aliphatic rings. The highest BCUT2D eigenvalue weighted by atomic mass is 16.6. The van der Waals surface area contributed by atoms with Gasteiger partial charge in [0.1, 0.15) is 6.10 Å². The number of hydrogen-bond donors (Lipinski definition) is 1. The molecule has 0 spiro atoms. The average molecular weight is 285 g/mol. The van der Waals surface area contributed by atoms with Gasteiger partial charge in [-0.1, -0.05) is 6.07 Å². The molecule has 0 radical (unpaired) electrons. The summed E-state index contributed by atoms with van der Waals surface area (Å²) >= 11 is 0. The molecule has 1 aliphatic heterocycles. The summed E-state index contributed by atoms with van der Waals surface area (Å²) in [6.45, 7) is 0.750. The Bertz CT molecular complexity index is 709. The number of benzene rings is 1. The number of anilines is 1. The molecule has 2 aromatic rings. The molecule has 1 aromatic carbocycles. The lowest BCUT2D eigenvalue weighted by Crippen LogP contribution is -2.27. The number of nitrogens with two attached hydrogens (primary N) is 1. The lowest BCUT2D eigenvalue weighted by atomic mass is 10.2. The predicted octanol–water partition coefficient (Wildman–Crippen LogP) is 1.12. The van der Waals surface area contributed by atoms with Crippen LogP contribution in [0.4, 0.5) is 10.5 Å². The number of ether oxygens (including phenoxy) is 1. The van der Waals surface area contributed by atoms with Crippen LogP contribution in [0.15, 0.2) is 53.5 Å². The molecular weight excluding hydrogens is 270 g/mol. The largest absolute Gasteiger partial charge is 0.443 e. The fourth-order valence-electron chi connectivity index (χ4n) is 2.29. The second kappa shape index (κ2) is 5.41. The third-order valence-electron chi connectivity index (χ3n) is 3.40. The van der Waals surface area contributed by atoms with Gasteiger partial charge in [0.05, 0.1) is 6.54 Å². The zero-order valence-electron chi connectivity index (χ0n) is 11.3. The first-order chi connectivity index (χ1) is 10.2. The van der Waals surface area contributed by atoms with Crippen molar-refractivity contribution in [2.45, 2.75) is 6.10 Å². The van der Waals surface area contributed by atoms with Crippen molar-refractivity contribution in [1.29, 1.82) is 0 Å². The molecule has 21 heavy (non-hydrogen) atoms. The first-order valence-electron chi connectivity index (χ1n) is 6.65. The highest BCUT2D eigenvalue weighted by molar-refractivity contribution is 5.89. The first-order valence-corrected chi connectivity index (χ1v) is 6.65. The average Bonchev–Trinajstić information content (AvgIpc) is 2.89. The van der Waals surface area contributed by atoms with Crippen LogP contribution in [0.25, 0.3) is 5.69 Å². The van der Waals surface area contributed by atoms with E-state index in [0.717, 1.165) is 11.4 Å². The van der Waals surface area contributed by atoms with Crippen molar-refractivity contribution >= 4 is 11.8 Å². The summed E-state index contributed by atoms with van der Waals surface area (Å²) in [5.41, 5.74) is 6.88. The molecule has 1 atom stereocenters. The van der Waals surface area contributed by atoms with Crippen LogP contribution in [-0.2, 0) is 4.74 Å². The van der Waals surface area contributed by atoms with E-state index in [4.69, 9.17) is 10.5 Å². The fraction of sp³-hybridized carbons (Fsp3) is 0.200. The summed E-state index contributed by atoms with van der Waals surface area (Å²) in [7, 11) is 0. The van der Waals surface area contributed by atoms with E-state index in [9.17, 15) is 9.59 Å². The Morgan fingerprint density at radius 1 is 1.10 bits per heavy atom. The van der Waals surface area contributed by atoms with Gasteiger partial charge in [-0.2, -0.15) is 0 Å². The highest BCUT2D eigenvalue weighted by Crippen LogP contribution is 2.22. The van der Waals surface area contributed by atoms with Crippen molar-refractivity contribution in [3.8, 4) is 5.69 Å². The first kappa shape index (κ1) is 13.4. The van der Waals surface area contributed by atoms with Crippen molar-refractivity contribution in [2.24, 2.45) is 5.73 Å². The molecule has 2 heterocycles. The number of amides is 1. The van der Waals surface area contributed by atoms with E-state index in [0.29, 0.717) is 13.1 Å². The number of carbonyl (C=O) groups excluding carboxylic acids is 1. The third kappa shape index (κ3) is 2.53. The van der Waals surface area contributed by atoms with Crippen LogP contribution in [0, 0.1) is 0 Å². The maximum Gasteiger partial charge on any atom is 0.414 e. The number of pyridine rings is 1. The number of cyclic esters (lactones) is 1. The van der Waals surface area contributed by atoms with Gasteiger partial charge in [-0.15, -0.1) is 0 Å². The fourth-order valence-corrected chi connectivity index (χ4v) is 2.29. The molecule has 1 unspecified atom stereocenters. The summed E-state index contributed by atoms with van der Waals surface area (Å²) in [5.74, 6) is 0. The van der Waals surface area contributed by atoms with Crippen molar-refractivity contribution in [3.63, 3.8) is 0 Å². The van der Waals surface area contributed by atoms with E-state index in [1.807, 2.05) is 0 Å². The Labute approximate surface area is 121 Å². The minimum atomic E-state index is -0.393. The molecule has 1 saturated heterocycles. The maximum absolute atomic E-state index is 11.8. The summed E-state index contributed by atoms with van der Waals surface area (Å²) in [5, 5.41) is 0. The Balaban J connectivity index is 1.87. The molecule has 0 saturated carbocycles. The van der Waals surface area contributed by atoms with Crippen molar-refractivity contribution < 1.29 is 9.53 Å². The van der Waals surface area contributed by atoms with Gasteiger partial charge in [0, 0.05) is 30.2 Å². The molecule has 1 fully saturated rings. The summed E-state index contributed by atoms with van der Waals surface area (Å²) < 4.78 is 6.65. The van der Waals surface area contributed by atoms with Crippen LogP contribution in [0.1, 0.15) is 0 Å². The van der Waals surface area contributed by atoms with Crippen LogP contribution >= 0.6 is 0 Å². The number of aromatic nitrogens is 1. The maximum atomic E-state index is 11.8. The van der Waals surface area contributed by atoms with E-state index < -0.39 is 6.09 Å². The van der Waals surface area contributed by atoms with Gasteiger partial charge in [-0.3, -0.25) is 14.3 Å². The molecule has 0 aliphatic carbocycles. The van der Waals surface area contributed by atoms with Gasteiger partial charge >= 0.3 is 6.09 Å². The van der Waals surface area contributed by atoms with Gasteiger partial charge in [0.25, 0.3) is 5.56 Å². The van der Waals surface area contributed by atoms with Crippen LogP contribution < -0.4 is 16.2 Å². The summed E-state index contributed by atoms with van der Waals surface area (Å²) in [4.78, 5) is 25.0. The van der Waals surface area contributed by atoms with Crippen LogP contribution in [0.3, 0.4) is 0 Å². The quantitative estimate of drug-likeness (QED) is 0.916. The van der Waals surface area contributed by atoms with Crippen molar-refractivity contribution in [2.75, 3.05) is 18.0 Å². The lowest BCUT2D eigenvalue weighted by molar-refractivity contribution is 0.145. The molecule has 1 amide bonds. The summed E-state index contributed by atoms with van der Waals surface area (Å²) in [6.07, 6.45) is 1.04. The second-order valence-corrected chi connectivity index (χ2v) is 4.78. The zero-order chi connectivity index (χ0) is 14.8. The Hall–Kier alpha value is -2.60. The molecule has 6 nitrogen and oxygen atoms in total. The molecule has 1 aromatic heterocycles. The molecule has 108 valence electrons. The monoisotopic (exact) mass is 285 g/mol. The van der Waals surface area contributed by atoms with Crippen molar-refractivity contribution in [3.05, 3.63) is 59.0 Å². The molecule has 2 N–H and O–H groups in total. The van der Waals surface area contributed by atoms with Crippen LogP contribution in [-0.4, -0.2) is 29.9 Å². The number of rotatable bonds is 3. The van der Waals surface area contributed by atoms with E-state index >= 15 is 0 Å². The van der Waals surface area contributed by atoms with Crippen LogP contribution in [0.2, 0.25) is 0 Å². The van der Waals surface area contributed by atoms with E-state index in [1.165, 1.54) is 15.5 Å². The number of hydrogen-bond acceptors (Lipinski definition) is 4. The summed E-state index contributed by atoms with van der Waals surface area (Å²) in [6, 6.07) is 12.1. The van der Waals surface area contributed by atoms with Crippen LogP contribution in [0.5, 0.6) is 0 Å². The highest BCUT2D eigenvalue weighted by Gasteiger charge is 2.31. The zero-order valence-corrected chi connectivity index (χ0v) is 11.3. The van der Waals surface area contributed by atoms with Gasteiger partial charge in [0.15, 0.2) is 0 Å². The number of carbonyl (C=O) groups is 1. The Morgan fingerprint density at radius 2 is 1.81 bits per heavy atom. The minimum absolute atomic E-state index is 0.103. The SMILES string of the molecule is NCC1CN(c2ccc(-n3ccccc3=O)cc2)C(=O)O1. The second-order valence-electron chi connectivity index (χ2n) is 4.78. The molecular formula is C15H15N3O3. The van der Waals surface area contributed by atoms with Gasteiger partial charge < -0.3 is 10.5 Å². The molecule has 0 bridgehead atoms. The smallest absolute Gasteiger partial charge is 0.414 e. The standard InChI is InChI=1S/C15H15N3O3/c16-9-13-10-18(15(20)21-13)12-6-4-11(5-7-12)17-8-2-1-3-14(17)19/h1-8,13H,9-10,16H2. The minimum Gasteiger partial charge on any atom is -0.443 e. The molecule has 6 heteroatoms.